The van der Waals surface area contributed by atoms with Gasteiger partial charge in [-0.1, -0.05) is 56.3 Å². The number of ether oxygens (including phenoxy) is 2. The summed E-state index contributed by atoms with van der Waals surface area (Å²) in [6.45, 7) is 15.2. The molecule has 336 valence electrons. The van der Waals surface area contributed by atoms with E-state index in [1.807, 2.05) is 13.8 Å². The Morgan fingerprint density at radius 3 is 1.92 bits per heavy atom. The molecule has 0 aromatic heterocycles. The molecule has 0 unspecified atom stereocenters. The molecule has 0 saturated carbocycles. The largest absolute Gasteiger partial charge is 0.508 e. The molecule has 3 rings (SSSR count). The van der Waals surface area contributed by atoms with Gasteiger partial charge in [-0.05, 0) is 96.9 Å². The van der Waals surface area contributed by atoms with Crippen molar-refractivity contribution >= 4 is 41.6 Å². The summed E-state index contributed by atoms with van der Waals surface area (Å²) in [5.74, 6) is -4.70. The minimum Gasteiger partial charge on any atom is -0.508 e. The maximum Gasteiger partial charge on any atom is 0.408 e. The quantitative estimate of drug-likeness (QED) is 0.108. The maximum atomic E-state index is 14.0. The molecule has 1 fully saturated rings. The van der Waals surface area contributed by atoms with Crippen LogP contribution in [0.2, 0.25) is 0 Å². The summed E-state index contributed by atoms with van der Waals surface area (Å²) in [7, 11) is 0. The van der Waals surface area contributed by atoms with Gasteiger partial charge in [-0.3, -0.25) is 24.0 Å². The second kappa shape index (κ2) is 22.2. The Morgan fingerprint density at radius 2 is 1.34 bits per heavy atom. The number of phenolic OH excluding ortho intramolecular Hbond substituents is 1. The van der Waals surface area contributed by atoms with Gasteiger partial charge in [0.05, 0.1) is 18.2 Å². The zero-order chi connectivity index (χ0) is 45.7. The molecule has 2 aromatic carbocycles. The number of carbonyl (C=O) groups is 7. The minimum absolute atomic E-state index is 0.0224. The fourth-order valence-electron chi connectivity index (χ4n) is 6.85. The third kappa shape index (κ3) is 17.1. The van der Waals surface area contributed by atoms with Crippen molar-refractivity contribution < 1.29 is 53.2 Å². The molecule has 61 heavy (non-hydrogen) atoms. The number of aromatic hydroxyl groups is 1. The zero-order valence-corrected chi connectivity index (χ0v) is 36.7. The van der Waals surface area contributed by atoms with E-state index in [-0.39, 0.29) is 37.5 Å². The van der Waals surface area contributed by atoms with Crippen molar-refractivity contribution in [2.45, 2.75) is 142 Å². The molecule has 17 nitrogen and oxygen atoms in total. The summed E-state index contributed by atoms with van der Waals surface area (Å²) in [6.07, 6.45) is -0.742. The van der Waals surface area contributed by atoms with Crippen LogP contribution in [0.4, 0.5) is 4.79 Å². The predicted molar refractivity (Wildman–Crippen MR) is 226 cm³/mol. The van der Waals surface area contributed by atoms with E-state index in [0.717, 1.165) is 0 Å². The van der Waals surface area contributed by atoms with Crippen LogP contribution in [-0.4, -0.2) is 117 Å². The molecule has 7 N–H and O–H groups in total. The smallest absolute Gasteiger partial charge is 0.408 e. The van der Waals surface area contributed by atoms with E-state index in [9.17, 15) is 43.8 Å². The lowest BCUT2D eigenvalue weighted by molar-refractivity contribution is -0.150. The number of benzene rings is 2. The van der Waals surface area contributed by atoms with Gasteiger partial charge >= 0.3 is 12.1 Å². The number of likely N-dealkylation sites (tertiary alicyclic amines) is 1. The summed E-state index contributed by atoms with van der Waals surface area (Å²) < 4.78 is 11.2. The molecule has 0 aliphatic carbocycles. The summed E-state index contributed by atoms with van der Waals surface area (Å²) in [5.41, 5.74) is -0.208. The molecule has 2 aromatic rings. The number of nitrogens with one attached hydrogen (secondary N) is 5. The monoisotopic (exact) mass is 852 g/mol. The first-order valence-electron chi connectivity index (χ1n) is 20.6. The van der Waals surface area contributed by atoms with Gasteiger partial charge in [-0.15, -0.1) is 0 Å². The highest BCUT2D eigenvalue weighted by molar-refractivity contribution is 5.96. The van der Waals surface area contributed by atoms with Crippen molar-refractivity contribution in [2.24, 2.45) is 5.92 Å². The van der Waals surface area contributed by atoms with Crippen LogP contribution >= 0.6 is 0 Å². The number of carbonyl (C=O) groups excluding carboxylic acids is 6. The Bertz CT molecular complexity index is 1830. The number of alkyl carbamates (subject to hydrolysis) is 1. The highest BCUT2D eigenvalue weighted by Gasteiger charge is 2.39. The summed E-state index contributed by atoms with van der Waals surface area (Å²) >= 11 is 0. The van der Waals surface area contributed by atoms with E-state index >= 15 is 0 Å². The van der Waals surface area contributed by atoms with Crippen molar-refractivity contribution in [2.75, 3.05) is 13.1 Å². The third-order valence-corrected chi connectivity index (χ3v) is 9.47. The standard InChI is InChI=1S/C44H64N6O11/c1-26(2)22-31(38(54)49-36(41(57)58)27(3)60-43(4,5)6)47-37(53)32(23-28-14-11-10-12-15-28)46-35(52)25-45-39(55)34-16-13-21-50(34)40(56)33(48-42(59)61-44(7,8)9)24-29-17-19-30(51)20-18-29/h10-12,14-15,17-20,26-27,31-34,36,51H,13,16,21-25H2,1-9H3,(H,45,55)(H,46,52)(H,47,53)(H,48,59)(H,49,54)(H,57,58)/t27-,31+,32+,33+,34+,36+/m1/s1. The number of carboxylic acids is 1. The Morgan fingerprint density at radius 1 is 0.754 bits per heavy atom. The second-order valence-corrected chi connectivity index (χ2v) is 17.7. The number of amides is 6. The number of phenols is 1. The van der Waals surface area contributed by atoms with Gasteiger partial charge < -0.3 is 51.2 Å². The Labute approximate surface area is 358 Å². The predicted octanol–water partition coefficient (Wildman–Crippen LogP) is 2.97. The van der Waals surface area contributed by atoms with Crippen LogP contribution in [0.25, 0.3) is 0 Å². The first kappa shape index (κ1) is 49.7. The lowest BCUT2D eigenvalue weighted by Gasteiger charge is -2.31. The molecule has 0 bridgehead atoms. The zero-order valence-electron chi connectivity index (χ0n) is 36.7. The lowest BCUT2D eigenvalue weighted by Crippen LogP contribution is -2.59. The topological polar surface area (TPSA) is 242 Å². The third-order valence-electron chi connectivity index (χ3n) is 9.47. The maximum absolute atomic E-state index is 14.0. The number of aliphatic carboxylic acids is 1. The van der Waals surface area contributed by atoms with E-state index in [1.54, 1.807) is 84.0 Å². The van der Waals surface area contributed by atoms with E-state index < -0.39 is 95.7 Å². The highest BCUT2D eigenvalue weighted by Crippen LogP contribution is 2.21. The van der Waals surface area contributed by atoms with Gasteiger partial charge in [-0.2, -0.15) is 0 Å². The number of hydrogen-bond acceptors (Lipinski definition) is 10. The Hall–Kier alpha value is -5.71. The molecule has 1 aliphatic heterocycles. The van der Waals surface area contributed by atoms with E-state index in [2.05, 4.69) is 26.6 Å². The van der Waals surface area contributed by atoms with Crippen LogP contribution in [0.15, 0.2) is 54.6 Å². The number of hydrogen-bond donors (Lipinski definition) is 7. The van der Waals surface area contributed by atoms with Crippen LogP contribution in [0.3, 0.4) is 0 Å². The number of carboxylic acid groups (broad SMARTS) is 1. The number of nitrogens with zero attached hydrogens (tertiary/aromatic N) is 1. The highest BCUT2D eigenvalue weighted by atomic mass is 16.6. The first-order chi connectivity index (χ1) is 28.4. The van der Waals surface area contributed by atoms with Crippen molar-refractivity contribution in [1.29, 1.82) is 0 Å². The molecule has 1 heterocycles. The van der Waals surface area contributed by atoms with Crippen LogP contribution in [-0.2, 0) is 51.1 Å². The van der Waals surface area contributed by atoms with Crippen LogP contribution in [0, 0.1) is 5.92 Å². The summed E-state index contributed by atoms with van der Waals surface area (Å²) in [4.78, 5) is 94.9. The van der Waals surface area contributed by atoms with Crippen molar-refractivity contribution in [3.8, 4) is 5.75 Å². The van der Waals surface area contributed by atoms with Crippen molar-refractivity contribution in [3.05, 3.63) is 65.7 Å². The molecule has 1 aliphatic rings. The fraction of sp³-hybridized carbons (Fsp3) is 0.568. The van der Waals surface area contributed by atoms with E-state index in [0.29, 0.717) is 24.0 Å². The molecule has 17 heteroatoms. The SMILES string of the molecule is CC(C)C[C@H](NC(=O)[C@H](Cc1ccccc1)NC(=O)CNC(=O)[C@@H]1CCCN1C(=O)[C@H](Cc1ccc(O)cc1)NC(=O)OC(C)(C)C)C(=O)N[C@H](C(=O)O)[C@@H](C)OC(C)(C)C. The van der Waals surface area contributed by atoms with Gasteiger partial charge in [0.2, 0.25) is 29.5 Å². The lowest BCUT2D eigenvalue weighted by atomic mass is 10.0. The fourth-order valence-corrected chi connectivity index (χ4v) is 6.85. The molecule has 0 radical (unpaired) electrons. The average Bonchev–Trinajstić information content (AvgIpc) is 3.64. The molecular formula is C44H64N6O11. The van der Waals surface area contributed by atoms with Gasteiger partial charge in [0.25, 0.3) is 0 Å². The van der Waals surface area contributed by atoms with Gasteiger partial charge in [0.15, 0.2) is 6.04 Å². The van der Waals surface area contributed by atoms with E-state index in [1.165, 1.54) is 24.0 Å². The number of rotatable bonds is 19. The Balaban J connectivity index is 1.75. The first-order valence-corrected chi connectivity index (χ1v) is 20.6. The normalized spacial score (nSPS) is 16.6. The summed E-state index contributed by atoms with van der Waals surface area (Å²) in [5, 5.41) is 32.8. The average molecular weight is 853 g/mol. The van der Waals surface area contributed by atoms with Crippen LogP contribution in [0.5, 0.6) is 5.75 Å². The van der Waals surface area contributed by atoms with Crippen LogP contribution in [0.1, 0.15) is 92.7 Å². The molecule has 0 spiro atoms. The second-order valence-electron chi connectivity index (χ2n) is 17.7. The van der Waals surface area contributed by atoms with E-state index in [4.69, 9.17) is 9.47 Å². The van der Waals surface area contributed by atoms with Gasteiger partial charge in [0, 0.05) is 19.4 Å². The Kier molecular flexibility index (Phi) is 18.1. The van der Waals surface area contributed by atoms with Crippen LogP contribution < -0.4 is 26.6 Å². The van der Waals surface area contributed by atoms with Gasteiger partial charge in [-0.25, -0.2) is 9.59 Å². The van der Waals surface area contributed by atoms with Crippen molar-refractivity contribution in [1.82, 2.24) is 31.5 Å². The molecule has 6 atom stereocenters. The molecule has 6 amide bonds. The molecular weight excluding hydrogens is 789 g/mol. The van der Waals surface area contributed by atoms with Crippen molar-refractivity contribution in [3.63, 3.8) is 0 Å². The minimum atomic E-state index is -1.42. The molecule has 1 saturated heterocycles. The summed E-state index contributed by atoms with van der Waals surface area (Å²) in [6, 6.07) is 9.11. The van der Waals surface area contributed by atoms with Gasteiger partial charge in [0.1, 0.15) is 35.5 Å².